The molecule has 0 aliphatic heterocycles. The molecule has 148 valence electrons. The summed E-state index contributed by atoms with van der Waals surface area (Å²) < 4.78 is 21.5. The number of halogens is 1. The van der Waals surface area contributed by atoms with E-state index >= 15 is 0 Å². The molecule has 0 spiro atoms. The minimum absolute atomic E-state index is 0.289. The van der Waals surface area contributed by atoms with Crippen LogP contribution in [0.25, 0.3) is 16.9 Å². The summed E-state index contributed by atoms with van der Waals surface area (Å²) in [5.74, 6) is 0.0189. The third kappa shape index (κ3) is 4.56. The molecular weight excluding hydrogens is 361 g/mol. The Bertz CT molecular complexity index is 915. The Labute approximate surface area is 163 Å². The lowest BCUT2D eigenvalue weighted by Gasteiger charge is -2.19. The van der Waals surface area contributed by atoms with Crippen molar-refractivity contribution in [2.45, 2.75) is 12.6 Å². The average molecular weight is 385 g/mol. The zero-order valence-electron chi connectivity index (χ0n) is 15.9. The summed E-state index contributed by atoms with van der Waals surface area (Å²) in [7, 11) is 3.32. The quantitative estimate of drug-likeness (QED) is 0.623. The summed E-state index contributed by atoms with van der Waals surface area (Å²) in [6.07, 6.45) is 1.02. The van der Waals surface area contributed by atoms with Crippen LogP contribution in [0.15, 0.2) is 54.7 Å². The van der Waals surface area contributed by atoms with Crippen LogP contribution in [-0.4, -0.2) is 58.3 Å². The van der Waals surface area contributed by atoms with Gasteiger partial charge in [-0.15, -0.1) is 0 Å². The fourth-order valence-corrected chi connectivity index (χ4v) is 3.05. The molecule has 0 bridgehead atoms. The van der Waals surface area contributed by atoms with Crippen LogP contribution in [0.4, 0.5) is 4.39 Å². The van der Waals surface area contributed by atoms with Gasteiger partial charge in [0.25, 0.3) is 0 Å². The van der Waals surface area contributed by atoms with E-state index in [1.807, 2.05) is 48.5 Å². The van der Waals surface area contributed by atoms with Gasteiger partial charge in [-0.2, -0.15) is 5.10 Å². The smallest absolute Gasteiger partial charge is 0.136 e. The maximum Gasteiger partial charge on any atom is 0.136 e. The van der Waals surface area contributed by atoms with Crippen molar-refractivity contribution in [1.82, 2.24) is 14.7 Å². The molecule has 7 heteroatoms. The van der Waals surface area contributed by atoms with E-state index in [0.29, 0.717) is 23.6 Å². The average Bonchev–Trinajstić information content (AvgIpc) is 3.11. The number of methoxy groups -OCH3 is 1. The number of nitrogens with zero attached hydrogens (tertiary/aromatic N) is 3. The molecule has 1 aromatic heterocycles. The molecule has 0 amide bonds. The first-order valence-corrected chi connectivity index (χ1v) is 8.97. The summed E-state index contributed by atoms with van der Waals surface area (Å²) in [4.78, 5) is 1.86. The lowest BCUT2D eigenvalue weighted by molar-refractivity contribution is 0.0648. The number of ether oxygens (including phenoxy) is 1. The standard InChI is InChI=1S/C21H24FN3O3/c1-24(13-17(27)14-26)11-15-12-25(16-6-4-3-5-7-16)23-21(15)19-9-8-18(28-2)10-20(19)22/h3-10,12,17,26-27H,11,13-14H2,1-2H3/t17-/m1/s1. The van der Waals surface area contributed by atoms with E-state index < -0.39 is 11.9 Å². The van der Waals surface area contributed by atoms with E-state index in [0.717, 1.165) is 11.3 Å². The number of likely N-dealkylation sites (N-methyl/N-ethyl adjacent to an activating group) is 1. The third-order valence-corrected chi connectivity index (χ3v) is 4.42. The van der Waals surface area contributed by atoms with Crippen LogP contribution in [0.1, 0.15) is 5.56 Å². The molecule has 0 saturated heterocycles. The van der Waals surface area contributed by atoms with Crippen molar-refractivity contribution in [2.24, 2.45) is 0 Å². The first-order chi connectivity index (χ1) is 13.5. The van der Waals surface area contributed by atoms with Crippen LogP contribution >= 0.6 is 0 Å². The van der Waals surface area contributed by atoms with Crippen LogP contribution in [-0.2, 0) is 6.54 Å². The molecule has 0 radical (unpaired) electrons. The van der Waals surface area contributed by atoms with Crippen LogP contribution in [0.3, 0.4) is 0 Å². The highest BCUT2D eigenvalue weighted by molar-refractivity contribution is 5.65. The summed E-state index contributed by atoms with van der Waals surface area (Å²) in [6, 6.07) is 14.3. The topological polar surface area (TPSA) is 70.8 Å². The highest BCUT2D eigenvalue weighted by Gasteiger charge is 2.18. The second-order valence-corrected chi connectivity index (χ2v) is 6.66. The van der Waals surface area contributed by atoms with Crippen molar-refractivity contribution in [3.05, 3.63) is 66.1 Å². The van der Waals surface area contributed by atoms with E-state index in [4.69, 9.17) is 9.84 Å². The van der Waals surface area contributed by atoms with Crippen LogP contribution < -0.4 is 4.74 Å². The molecule has 2 N–H and O–H groups in total. The Kier molecular flexibility index (Phi) is 6.41. The molecule has 0 aliphatic rings. The lowest BCUT2D eigenvalue weighted by atomic mass is 10.1. The van der Waals surface area contributed by atoms with Crippen molar-refractivity contribution < 1.29 is 19.3 Å². The van der Waals surface area contributed by atoms with Crippen molar-refractivity contribution >= 4 is 0 Å². The Morgan fingerprint density at radius 1 is 1.21 bits per heavy atom. The van der Waals surface area contributed by atoms with Crippen molar-refractivity contribution in [3.8, 4) is 22.7 Å². The number of benzene rings is 2. The number of hydrogen-bond donors (Lipinski definition) is 2. The fraction of sp³-hybridized carbons (Fsp3) is 0.286. The predicted molar refractivity (Wildman–Crippen MR) is 105 cm³/mol. The van der Waals surface area contributed by atoms with Gasteiger partial charge in [0.2, 0.25) is 0 Å². The van der Waals surface area contributed by atoms with Crippen molar-refractivity contribution in [3.63, 3.8) is 0 Å². The Balaban J connectivity index is 2.00. The minimum atomic E-state index is -0.838. The Morgan fingerprint density at radius 2 is 1.96 bits per heavy atom. The van der Waals surface area contributed by atoms with Crippen LogP contribution in [0, 0.1) is 5.82 Å². The second kappa shape index (κ2) is 8.97. The molecule has 2 aromatic carbocycles. The number of aromatic nitrogens is 2. The van der Waals surface area contributed by atoms with Crippen molar-refractivity contribution in [2.75, 3.05) is 27.3 Å². The molecule has 3 rings (SSSR count). The lowest BCUT2D eigenvalue weighted by Crippen LogP contribution is -2.31. The normalized spacial score (nSPS) is 12.4. The zero-order valence-corrected chi connectivity index (χ0v) is 15.9. The molecule has 6 nitrogen and oxygen atoms in total. The highest BCUT2D eigenvalue weighted by Crippen LogP contribution is 2.29. The fourth-order valence-electron chi connectivity index (χ4n) is 3.05. The van der Waals surface area contributed by atoms with Crippen LogP contribution in [0.2, 0.25) is 0 Å². The molecule has 0 saturated carbocycles. The molecule has 3 aromatic rings. The molecule has 0 aliphatic carbocycles. The zero-order chi connectivity index (χ0) is 20.1. The Morgan fingerprint density at radius 3 is 2.61 bits per heavy atom. The van der Waals surface area contributed by atoms with Gasteiger partial charge in [0.1, 0.15) is 17.3 Å². The first kappa shape index (κ1) is 20.0. The molecule has 1 atom stereocenters. The van der Waals surface area contributed by atoms with Gasteiger partial charge in [-0.05, 0) is 31.3 Å². The van der Waals surface area contributed by atoms with Gasteiger partial charge < -0.3 is 14.9 Å². The molecule has 0 unspecified atom stereocenters. The maximum atomic E-state index is 14.7. The van der Waals surface area contributed by atoms with Gasteiger partial charge in [0.15, 0.2) is 0 Å². The van der Waals surface area contributed by atoms with E-state index in [9.17, 15) is 9.50 Å². The summed E-state index contributed by atoms with van der Waals surface area (Å²) >= 11 is 0. The highest BCUT2D eigenvalue weighted by atomic mass is 19.1. The molecule has 0 fully saturated rings. The van der Waals surface area contributed by atoms with E-state index in [-0.39, 0.29) is 13.2 Å². The molecule has 28 heavy (non-hydrogen) atoms. The van der Waals surface area contributed by atoms with Gasteiger partial charge in [-0.1, -0.05) is 18.2 Å². The third-order valence-electron chi connectivity index (χ3n) is 4.42. The van der Waals surface area contributed by atoms with Crippen LogP contribution in [0.5, 0.6) is 5.75 Å². The molecular formula is C21H24FN3O3. The van der Waals surface area contributed by atoms with Gasteiger partial charge >= 0.3 is 0 Å². The maximum absolute atomic E-state index is 14.7. The summed E-state index contributed by atoms with van der Waals surface area (Å²) in [6.45, 7) is 0.413. The van der Waals surface area contributed by atoms with Gasteiger partial charge in [0.05, 0.1) is 25.5 Å². The monoisotopic (exact) mass is 385 g/mol. The number of hydrogen-bond acceptors (Lipinski definition) is 5. The minimum Gasteiger partial charge on any atom is -0.497 e. The van der Waals surface area contributed by atoms with E-state index in [1.54, 1.807) is 16.8 Å². The van der Waals surface area contributed by atoms with Gasteiger partial charge in [-0.3, -0.25) is 4.90 Å². The second-order valence-electron chi connectivity index (χ2n) is 6.66. The number of aliphatic hydroxyl groups is 2. The summed E-state index contributed by atoms with van der Waals surface area (Å²) in [5.41, 5.74) is 2.57. The van der Waals surface area contributed by atoms with Crippen molar-refractivity contribution in [1.29, 1.82) is 0 Å². The predicted octanol–water partition coefficient (Wildman–Crippen LogP) is 2.47. The molecule has 1 heterocycles. The van der Waals surface area contributed by atoms with E-state index in [2.05, 4.69) is 5.10 Å². The first-order valence-electron chi connectivity index (χ1n) is 8.97. The van der Waals surface area contributed by atoms with Gasteiger partial charge in [0, 0.05) is 36.5 Å². The Hall–Kier alpha value is -2.74. The number of para-hydroxylation sites is 1. The summed E-state index contributed by atoms with van der Waals surface area (Å²) in [5, 5.41) is 23.4. The van der Waals surface area contributed by atoms with E-state index in [1.165, 1.54) is 13.2 Å². The number of aliphatic hydroxyl groups excluding tert-OH is 2. The van der Waals surface area contributed by atoms with Gasteiger partial charge in [-0.25, -0.2) is 9.07 Å². The number of rotatable bonds is 8. The SMILES string of the molecule is COc1ccc(-c2nn(-c3ccccc3)cc2CN(C)C[C@@H](O)CO)c(F)c1. The largest absolute Gasteiger partial charge is 0.497 e.